The van der Waals surface area contributed by atoms with E-state index in [1.165, 1.54) is 30.3 Å². The van der Waals surface area contributed by atoms with Crippen molar-refractivity contribution >= 4 is 73.6 Å². The third-order valence-electron chi connectivity index (χ3n) is 11.0. The lowest BCUT2D eigenvalue weighted by Gasteiger charge is -2.30. The van der Waals surface area contributed by atoms with Gasteiger partial charge in [-0.05, 0) is 94.3 Å². The first kappa shape index (κ1) is 50.8. The minimum Gasteiger partial charge on any atom is -0.481 e. The molecule has 0 bridgehead atoms. The number of carbonyl (C=O) groups is 1. The van der Waals surface area contributed by atoms with Crippen molar-refractivity contribution in [3.8, 4) is 0 Å². The number of anilines is 1. The van der Waals surface area contributed by atoms with Gasteiger partial charge in [0.15, 0.2) is 5.71 Å². The Morgan fingerprint density at radius 2 is 1.18 bits per heavy atom. The highest BCUT2D eigenvalue weighted by atomic mass is 32.2. The molecule has 2 atom stereocenters. The number of nitrogens with zero attached hydrogens (tertiary/aromatic N) is 2. The fraction of sp³-hybridized carbons (Fsp3) is 0.474. The Hall–Kier alpha value is -3.85. The quantitative estimate of drug-likeness (QED) is 0.0384. The third kappa shape index (κ3) is 13.3. The zero-order valence-corrected chi connectivity index (χ0v) is 37.9. The fourth-order valence-corrected chi connectivity index (χ4v) is 10.6. The van der Waals surface area contributed by atoms with Crippen molar-refractivity contribution in [3.63, 3.8) is 0 Å². The van der Waals surface area contributed by atoms with Gasteiger partial charge in [0.2, 0.25) is 5.69 Å². The summed E-state index contributed by atoms with van der Waals surface area (Å²) in [5.41, 5.74) is 0.443. The molecule has 6 N–H and O–H groups in total. The van der Waals surface area contributed by atoms with Crippen molar-refractivity contribution in [2.75, 3.05) is 35.2 Å². The molecule has 2 aliphatic rings. The maximum atomic E-state index is 12.2. The van der Waals surface area contributed by atoms with Crippen LogP contribution in [0.5, 0.6) is 0 Å². The first-order valence-corrected chi connectivity index (χ1v) is 27.0. The van der Waals surface area contributed by atoms with Gasteiger partial charge in [0.05, 0.1) is 32.5 Å². The van der Waals surface area contributed by atoms with Gasteiger partial charge in [-0.2, -0.15) is 46.7 Å². The van der Waals surface area contributed by atoms with Crippen molar-refractivity contribution in [2.24, 2.45) is 0 Å². The molecule has 62 heavy (non-hydrogen) atoms. The molecule has 0 spiro atoms. The lowest BCUT2D eigenvalue weighted by molar-refractivity contribution is -0.437. The van der Waals surface area contributed by atoms with E-state index in [-0.39, 0.29) is 45.1 Å². The van der Waals surface area contributed by atoms with Gasteiger partial charge in [-0.15, -0.1) is 0 Å². The van der Waals surface area contributed by atoms with Crippen molar-refractivity contribution in [1.29, 1.82) is 0 Å². The normalized spacial score (nSPS) is 20.5. The van der Waals surface area contributed by atoms with Gasteiger partial charge >= 0.3 is 5.97 Å². The van der Waals surface area contributed by atoms with E-state index in [0.29, 0.717) is 59.7 Å². The van der Waals surface area contributed by atoms with E-state index in [9.17, 15) is 69.6 Å². The average Bonchev–Trinajstić information content (AvgIpc) is 3.48. The van der Waals surface area contributed by atoms with E-state index in [2.05, 4.69) is 0 Å². The summed E-state index contributed by atoms with van der Waals surface area (Å²) in [5.74, 6) is -2.83. The molecule has 0 fully saturated rings. The van der Waals surface area contributed by atoms with Gasteiger partial charge in [0.1, 0.15) is 6.54 Å². The summed E-state index contributed by atoms with van der Waals surface area (Å²) in [4.78, 5) is 12.1. The predicted molar refractivity (Wildman–Crippen MR) is 229 cm³/mol. The minimum atomic E-state index is -4.72. The van der Waals surface area contributed by atoms with Gasteiger partial charge in [-0.1, -0.05) is 24.6 Å². The number of rotatable bonds is 23. The lowest BCUT2D eigenvalue weighted by Crippen LogP contribution is -2.32. The molecule has 19 nitrogen and oxygen atoms in total. The monoisotopic (exact) mass is 967 g/mol. The first-order valence-electron chi connectivity index (χ1n) is 19.3. The summed E-state index contributed by atoms with van der Waals surface area (Å²) in [5, 5.41) is 9.11. The van der Waals surface area contributed by atoms with Crippen LogP contribution in [0, 0.1) is 0 Å². The predicted octanol–water partition coefficient (Wildman–Crippen LogP) is 4.57. The van der Waals surface area contributed by atoms with Crippen molar-refractivity contribution < 1.29 is 79.3 Å². The van der Waals surface area contributed by atoms with E-state index in [0.717, 1.165) is 6.07 Å². The molecule has 344 valence electrons. The van der Waals surface area contributed by atoms with Crippen LogP contribution in [0.25, 0.3) is 0 Å². The number of benzene rings is 2. The largest absolute Gasteiger partial charge is 0.481 e. The van der Waals surface area contributed by atoms with Gasteiger partial charge in [0, 0.05) is 53.9 Å². The molecule has 0 aromatic heterocycles. The second-order valence-electron chi connectivity index (χ2n) is 15.6. The van der Waals surface area contributed by atoms with Crippen LogP contribution in [0.15, 0.2) is 82.3 Å². The average molecular weight is 968 g/mol. The Labute approximate surface area is 362 Å². The van der Waals surface area contributed by atoms with Crippen LogP contribution in [0.2, 0.25) is 0 Å². The van der Waals surface area contributed by atoms with Crippen molar-refractivity contribution in [3.05, 3.63) is 83.6 Å². The highest BCUT2D eigenvalue weighted by Crippen LogP contribution is 2.51. The number of aliphatic carboxylic acids is 1. The molecule has 0 amide bonds. The van der Waals surface area contributed by atoms with Crippen LogP contribution in [0.3, 0.4) is 0 Å². The highest BCUT2D eigenvalue weighted by Gasteiger charge is 2.48. The molecule has 2 unspecified atom stereocenters. The maximum absolute atomic E-state index is 12.2. The Morgan fingerprint density at radius 3 is 1.73 bits per heavy atom. The third-order valence-corrected chi connectivity index (χ3v) is 15.1. The van der Waals surface area contributed by atoms with Crippen molar-refractivity contribution in [1.82, 2.24) is 0 Å². The summed E-state index contributed by atoms with van der Waals surface area (Å²) >= 11 is 0. The molecule has 4 rings (SSSR count). The van der Waals surface area contributed by atoms with Crippen LogP contribution >= 0.6 is 0 Å². The van der Waals surface area contributed by atoms with Crippen LogP contribution in [0.4, 0.5) is 11.4 Å². The smallest absolute Gasteiger partial charge is 0.303 e. The maximum Gasteiger partial charge on any atom is 0.303 e. The van der Waals surface area contributed by atoms with E-state index < -0.39 is 94.4 Å². The minimum absolute atomic E-state index is 0.0180. The van der Waals surface area contributed by atoms with Crippen LogP contribution in [-0.2, 0) is 66.2 Å². The zero-order chi connectivity index (χ0) is 46.5. The van der Waals surface area contributed by atoms with Crippen LogP contribution < -0.4 is 4.90 Å². The zero-order valence-electron chi connectivity index (χ0n) is 33.9. The summed E-state index contributed by atoms with van der Waals surface area (Å²) in [6, 6.07) is 7.78. The SMILES string of the molecule is CC1(CCCS(=O)(=O)O)C(/C=C/C=C/C=C2/N(CCCCCC(=O)O)c3ccc(S(=O)(=O)O)cc3C2(C)CCCS(=O)(=O)O)=[N+](CCCS(=O)(=O)O)c2ccc(S(=O)(=O)O)cc21. The molecule has 2 aliphatic heterocycles. The van der Waals surface area contributed by atoms with E-state index >= 15 is 0 Å². The van der Waals surface area contributed by atoms with Gasteiger partial charge in [-0.3, -0.25) is 27.6 Å². The van der Waals surface area contributed by atoms with Crippen molar-refractivity contribution in [2.45, 2.75) is 92.3 Å². The summed E-state index contributed by atoms with van der Waals surface area (Å²) in [6.45, 7) is 3.73. The Kier molecular flexibility index (Phi) is 16.0. The van der Waals surface area contributed by atoms with Gasteiger partial charge < -0.3 is 10.0 Å². The van der Waals surface area contributed by atoms with E-state index in [1.54, 1.807) is 48.8 Å². The second-order valence-corrected chi connectivity index (χ2v) is 23.1. The summed E-state index contributed by atoms with van der Waals surface area (Å²) < 4.78 is 169. The second kappa shape index (κ2) is 19.5. The standard InChI is InChI=1S/C38H50N2O17S5/c1-37(19-9-23-58(43,44)45)30-26-28(61(52,53)54)15-17-32(30)39(21-8-4-7-14-36(41)42)34(37)12-5-3-6-13-35-38(2,20-10-24-59(46,47)48)31-27-29(62(55,56)57)16-18-33(31)40(35)22-11-25-60(49,50)51/h3,5-6,12-13,15-18,26-27H,4,7-11,14,19-25H2,1-2H3,(H5-,41,42,43,44,45,46,47,48,49,50,51,52,53,54,55,56,57)/p+1. The molecular formula is C38H51N2O17S5+. The fourth-order valence-electron chi connectivity index (χ4n) is 8.09. The number of hydrogen-bond acceptors (Lipinski definition) is 12. The summed E-state index contributed by atoms with van der Waals surface area (Å²) in [7, 11) is -22.6. The number of carboxylic acids is 1. The van der Waals surface area contributed by atoms with Gasteiger partial charge in [-0.25, -0.2) is 0 Å². The first-order chi connectivity index (χ1) is 28.5. The topological polar surface area (TPSA) is 315 Å². The highest BCUT2D eigenvalue weighted by molar-refractivity contribution is 7.86. The number of unbranched alkanes of at least 4 members (excludes halogenated alkanes) is 2. The molecule has 0 aliphatic carbocycles. The van der Waals surface area contributed by atoms with Gasteiger partial charge in [0.25, 0.3) is 50.6 Å². The number of hydrogen-bond donors (Lipinski definition) is 6. The Balaban J connectivity index is 1.85. The van der Waals surface area contributed by atoms with Crippen LogP contribution in [0.1, 0.15) is 82.8 Å². The number of fused-ring (bicyclic) bond motifs is 2. The van der Waals surface area contributed by atoms with E-state index in [1.807, 2.05) is 4.90 Å². The number of allylic oxidation sites excluding steroid dienone is 6. The molecule has 0 radical (unpaired) electrons. The molecular weight excluding hydrogens is 917 g/mol. The Bertz CT molecular complexity index is 2740. The molecule has 2 aromatic carbocycles. The Morgan fingerprint density at radius 1 is 0.645 bits per heavy atom. The number of carboxylic acid groups (broad SMARTS) is 1. The van der Waals surface area contributed by atoms with Crippen LogP contribution in [-0.4, -0.2) is 117 Å². The van der Waals surface area contributed by atoms with E-state index in [4.69, 9.17) is 5.11 Å². The molecule has 0 saturated carbocycles. The molecule has 2 aromatic rings. The molecule has 24 heteroatoms. The molecule has 0 saturated heterocycles. The lowest BCUT2D eigenvalue weighted by atomic mass is 9.76. The summed E-state index contributed by atoms with van der Waals surface area (Å²) in [6.07, 6.45) is 9.31. The molecule has 2 heterocycles.